The minimum atomic E-state index is -4.58. The summed E-state index contributed by atoms with van der Waals surface area (Å²) in [6.07, 6.45) is -3.89. The van der Waals surface area contributed by atoms with Crippen LogP contribution in [0.25, 0.3) is 0 Å². The molecule has 0 saturated carbocycles. The molecule has 1 aromatic heterocycles. The number of hydrogen-bond acceptors (Lipinski definition) is 2. The first-order valence-electron chi connectivity index (χ1n) is 6.28. The third kappa shape index (κ3) is 3.76. The van der Waals surface area contributed by atoms with Crippen molar-refractivity contribution in [2.75, 3.05) is 0 Å². The predicted octanol–water partition coefficient (Wildman–Crippen LogP) is 4.16. The Bertz CT molecular complexity index is 674. The highest BCUT2D eigenvalue weighted by molar-refractivity contribution is 6.31. The molecule has 0 bridgehead atoms. The molecular weight excluding hydrogens is 319 g/mol. The molecule has 1 aromatic carbocycles. The fourth-order valence-electron chi connectivity index (χ4n) is 2.01. The van der Waals surface area contributed by atoms with Crippen LogP contribution in [0.4, 0.5) is 13.2 Å². The van der Waals surface area contributed by atoms with Crippen molar-refractivity contribution in [2.24, 2.45) is 0 Å². The van der Waals surface area contributed by atoms with Gasteiger partial charge in [-0.15, -0.1) is 0 Å². The molecule has 0 aliphatic heterocycles. The third-order valence-corrected chi connectivity index (χ3v) is 3.41. The highest BCUT2D eigenvalue weighted by Crippen LogP contribution is 2.33. The van der Waals surface area contributed by atoms with Gasteiger partial charge in [-0.2, -0.15) is 13.2 Å². The minimum absolute atomic E-state index is 0.0778. The number of alkyl halides is 3. The molecule has 0 aliphatic rings. The summed E-state index contributed by atoms with van der Waals surface area (Å²) in [7, 11) is 0. The summed E-state index contributed by atoms with van der Waals surface area (Å²) in [5, 5.41) is 9.01. The molecule has 1 atom stereocenters. The summed E-state index contributed by atoms with van der Waals surface area (Å²) < 4.78 is 37.8. The molecule has 0 amide bonds. The zero-order valence-electron chi connectivity index (χ0n) is 11.1. The fraction of sp³-hybridized carbons (Fsp3) is 0.200. The molecule has 0 radical (unpaired) electrons. The number of carboxylic acids is 1. The number of carboxylic acid groups (broad SMARTS) is 1. The molecule has 22 heavy (non-hydrogen) atoms. The number of hydrogen-bond donors (Lipinski definition) is 1. The predicted molar refractivity (Wildman–Crippen MR) is 74.8 cm³/mol. The molecule has 0 spiro atoms. The van der Waals surface area contributed by atoms with E-state index in [0.29, 0.717) is 12.3 Å². The van der Waals surface area contributed by atoms with Crippen LogP contribution < -0.4 is 0 Å². The molecule has 1 unspecified atom stereocenters. The van der Waals surface area contributed by atoms with Crippen molar-refractivity contribution in [3.8, 4) is 0 Å². The topological polar surface area (TPSA) is 50.2 Å². The minimum Gasteiger partial charge on any atom is -0.481 e. The summed E-state index contributed by atoms with van der Waals surface area (Å²) in [4.78, 5) is 15.0. The molecule has 116 valence electrons. The van der Waals surface area contributed by atoms with Crippen LogP contribution in [0.2, 0.25) is 5.02 Å². The molecule has 2 rings (SSSR count). The van der Waals surface area contributed by atoms with Crippen LogP contribution in [0.15, 0.2) is 42.6 Å². The molecular formula is C15H11ClF3NO2. The summed E-state index contributed by atoms with van der Waals surface area (Å²) >= 11 is 5.81. The normalized spacial score (nSPS) is 12.9. The van der Waals surface area contributed by atoms with E-state index in [4.69, 9.17) is 11.6 Å². The zero-order chi connectivity index (χ0) is 16.3. The fourth-order valence-corrected chi connectivity index (χ4v) is 2.31. The van der Waals surface area contributed by atoms with Crippen LogP contribution in [0.5, 0.6) is 0 Å². The highest BCUT2D eigenvalue weighted by atomic mass is 35.5. The molecule has 0 fully saturated rings. The van der Waals surface area contributed by atoms with Crippen molar-refractivity contribution in [1.29, 1.82) is 0 Å². The molecule has 0 saturated heterocycles. The number of rotatable bonds is 4. The van der Waals surface area contributed by atoms with E-state index in [1.165, 1.54) is 0 Å². The zero-order valence-corrected chi connectivity index (χ0v) is 11.9. The SMILES string of the molecule is O=C(O)C(Cc1ccccc1)c1ncc(C(F)(F)F)cc1Cl. The molecule has 3 nitrogen and oxygen atoms in total. The summed E-state index contributed by atoms with van der Waals surface area (Å²) in [6.45, 7) is 0. The number of halogens is 4. The number of aromatic nitrogens is 1. The smallest absolute Gasteiger partial charge is 0.417 e. The van der Waals surface area contributed by atoms with Crippen LogP contribution in [0.3, 0.4) is 0 Å². The van der Waals surface area contributed by atoms with Crippen molar-refractivity contribution in [1.82, 2.24) is 4.98 Å². The van der Waals surface area contributed by atoms with Gasteiger partial charge in [0.25, 0.3) is 0 Å². The Kier molecular flexibility index (Phi) is 4.71. The van der Waals surface area contributed by atoms with E-state index in [9.17, 15) is 23.1 Å². The Balaban J connectivity index is 2.35. The van der Waals surface area contributed by atoms with Crippen LogP contribution in [0, 0.1) is 0 Å². The lowest BCUT2D eigenvalue weighted by atomic mass is 9.95. The first-order chi connectivity index (χ1) is 10.3. The van der Waals surface area contributed by atoms with E-state index >= 15 is 0 Å². The van der Waals surface area contributed by atoms with E-state index in [1.54, 1.807) is 30.3 Å². The van der Waals surface area contributed by atoms with Crippen molar-refractivity contribution in [3.63, 3.8) is 0 Å². The van der Waals surface area contributed by atoms with Gasteiger partial charge in [-0.3, -0.25) is 9.78 Å². The number of pyridine rings is 1. The van der Waals surface area contributed by atoms with Gasteiger partial charge in [0.15, 0.2) is 0 Å². The van der Waals surface area contributed by atoms with Crippen LogP contribution in [-0.2, 0) is 17.4 Å². The van der Waals surface area contributed by atoms with Gasteiger partial charge >= 0.3 is 12.1 Å². The average molecular weight is 330 g/mol. The standard InChI is InChI=1S/C15H11ClF3NO2/c16-12-7-10(15(17,18)19)8-20-13(12)11(14(21)22)6-9-4-2-1-3-5-9/h1-5,7-8,11H,6H2,(H,21,22). The lowest BCUT2D eigenvalue weighted by molar-refractivity contribution is -0.138. The Morgan fingerprint density at radius 2 is 1.91 bits per heavy atom. The highest BCUT2D eigenvalue weighted by Gasteiger charge is 2.33. The Morgan fingerprint density at radius 1 is 1.27 bits per heavy atom. The van der Waals surface area contributed by atoms with E-state index < -0.39 is 23.6 Å². The second-order valence-corrected chi connectivity index (χ2v) is 5.08. The lowest BCUT2D eigenvalue weighted by Gasteiger charge is -2.15. The van der Waals surface area contributed by atoms with Gasteiger partial charge in [-0.1, -0.05) is 41.9 Å². The molecule has 1 N–H and O–H groups in total. The van der Waals surface area contributed by atoms with E-state index in [1.807, 2.05) is 0 Å². The number of benzene rings is 1. The molecule has 0 aliphatic carbocycles. The van der Waals surface area contributed by atoms with Gasteiger partial charge < -0.3 is 5.11 Å². The van der Waals surface area contributed by atoms with Crippen molar-refractivity contribution >= 4 is 17.6 Å². The van der Waals surface area contributed by atoms with Crippen molar-refractivity contribution in [2.45, 2.75) is 18.5 Å². The Labute approximate surface area is 129 Å². The Hall–Kier alpha value is -2.08. The number of carbonyl (C=O) groups is 1. The summed E-state index contributed by atoms with van der Waals surface area (Å²) in [5.41, 5.74) is -0.358. The van der Waals surface area contributed by atoms with Crippen LogP contribution >= 0.6 is 11.6 Å². The van der Waals surface area contributed by atoms with E-state index in [-0.39, 0.29) is 17.1 Å². The second kappa shape index (κ2) is 6.36. The second-order valence-electron chi connectivity index (χ2n) is 4.67. The maximum atomic E-state index is 12.6. The van der Waals surface area contributed by atoms with Gasteiger partial charge in [0.2, 0.25) is 0 Å². The summed E-state index contributed by atoms with van der Waals surface area (Å²) in [5.74, 6) is -2.31. The van der Waals surface area contributed by atoms with Gasteiger partial charge in [-0.25, -0.2) is 0 Å². The van der Waals surface area contributed by atoms with Gasteiger partial charge in [-0.05, 0) is 18.1 Å². The summed E-state index contributed by atoms with van der Waals surface area (Å²) in [6, 6.07) is 9.43. The maximum Gasteiger partial charge on any atom is 0.417 e. The van der Waals surface area contributed by atoms with Crippen molar-refractivity contribution < 1.29 is 23.1 Å². The monoisotopic (exact) mass is 329 g/mol. The van der Waals surface area contributed by atoms with Gasteiger partial charge in [0.1, 0.15) is 5.92 Å². The molecule has 1 heterocycles. The number of nitrogens with zero attached hydrogens (tertiary/aromatic N) is 1. The van der Waals surface area contributed by atoms with Gasteiger partial charge in [0.05, 0.1) is 16.3 Å². The van der Waals surface area contributed by atoms with E-state index in [2.05, 4.69) is 4.98 Å². The van der Waals surface area contributed by atoms with Gasteiger partial charge in [0, 0.05) is 6.20 Å². The first-order valence-corrected chi connectivity index (χ1v) is 6.66. The molecule has 2 aromatic rings. The number of aliphatic carboxylic acids is 1. The van der Waals surface area contributed by atoms with E-state index in [0.717, 1.165) is 5.56 Å². The third-order valence-electron chi connectivity index (χ3n) is 3.11. The quantitative estimate of drug-likeness (QED) is 0.916. The average Bonchev–Trinajstić information content (AvgIpc) is 2.45. The van der Waals surface area contributed by atoms with Crippen molar-refractivity contribution in [3.05, 3.63) is 64.4 Å². The lowest BCUT2D eigenvalue weighted by Crippen LogP contribution is -2.17. The molecule has 7 heteroatoms. The maximum absolute atomic E-state index is 12.6. The van der Waals surface area contributed by atoms with Crippen LogP contribution in [-0.4, -0.2) is 16.1 Å². The largest absolute Gasteiger partial charge is 0.481 e. The first kappa shape index (κ1) is 16.3. The van der Waals surface area contributed by atoms with Crippen LogP contribution in [0.1, 0.15) is 22.7 Å². The Morgan fingerprint density at radius 3 is 2.41 bits per heavy atom.